The average Bonchev–Trinajstić information content (AvgIpc) is 3.32. The van der Waals surface area contributed by atoms with Crippen molar-refractivity contribution in [2.24, 2.45) is 5.10 Å². The van der Waals surface area contributed by atoms with Crippen LogP contribution in [0.4, 0.5) is 5.95 Å². The molecule has 0 atom stereocenters. The predicted molar refractivity (Wildman–Crippen MR) is 104 cm³/mol. The number of hydrogen-bond donors (Lipinski definition) is 0. The van der Waals surface area contributed by atoms with E-state index in [-0.39, 0.29) is 6.54 Å². The zero-order valence-electron chi connectivity index (χ0n) is 14.8. The van der Waals surface area contributed by atoms with Gasteiger partial charge in [0.25, 0.3) is 5.95 Å². The van der Waals surface area contributed by atoms with Gasteiger partial charge in [0, 0.05) is 16.1 Å². The molecule has 8 nitrogen and oxygen atoms in total. The van der Waals surface area contributed by atoms with Crippen LogP contribution in [0.25, 0.3) is 5.69 Å². The van der Waals surface area contributed by atoms with Gasteiger partial charge in [0.05, 0.1) is 5.69 Å². The van der Waals surface area contributed by atoms with Gasteiger partial charge in [-0.1, -0.05) is 41.9 Å². The van der Waals surface area contributed by atoms with E-state index in [9.17, 15) is 0 Å². The third kappa shape index (κ3) is 2.74. The number of para-hydroxylation sites is 1. The summed E-state index contributed by atoms with van der Waals surface area (Å²) in [5, 5.41) is 23.6. The van der Waals surface area contributed by atoms with Crippen molar-refractivity contribution < 1.29 is 4.42 Å². The van der Waals surface area contributed by atoms with Gasteiger partial charge in [0.1, 0.15) is 18.1 Å². The first-order valence-corrected chi connectivity index (χ1v) is 8.97. The fraction of sp³-hybridized carbons (Fsp3) is 0.105. The molecule has 0 aliphatic carbocycles. The minimum atomic E-state index is 0.267. The number of aromatic nitrogens is 5. The van der Waals surface area contributed by atoms with Gasteiger partial charge < -0.3 is 4.42 Å². The first-order chi connectivity index (χ1) is 13.7. The summed E-state index contributed by atoms with van der Waals surface area (Å²) >= 11 is 6.08. The zero-order valence-corrected chi connectivity index (χ0v) is 15.6. The summed E-state index contributed by atoms with van der Waals surface area (Å²) in [6.07, 6.45) is 1.29. The molecule has 1 aliphatic rings. The highest BCUT2D eigenvalue weighted by Gasteiger charge is 2.27. The van der Waals surface area contributed by atoms with Crippen LogP contribution in [-0.4, -0.2) is 30.7 Å². The molecule has 4 aromatic rings. The Morgan fingerprint density at radius 2 is 1.82 bits per heavy atom. The molecule has 0 unspecified atom stereocenters. The maximum atomic E-state index is 6.08. The molecule has 2 aromatic heterocycles. The first-order valence-electron chi connectivity index (χ1n) is 8.59. The van der Waals surface area contributed by atoms with Crippen LogP contribution in [-0.2, 0) is 6.54 Å². The van der Waals surface area contributed by atoms with Crippen molar-refractivity contribution in [3.8, 4) is 5.69 Å². The number of halogens is 1. The van der Waals surface area contributed by atoms with Crippen molar-refractivity contribution in [2.75, 3.05) is 5.01 Å². The molecular weight excluding hydrogens is 378 g/mol. The number of benzene rings is 2. The van der Waals surface area contributed by atoms with E-state index in [4.69, 9.17) is 21.1 Å². The zero-order chi connectivity index (χ0) is 19.1. The van der Waals surface area contributed by atoms with Crippen LogP contribution in [0.3, 0.4) is 0 Å². The fourth-order valence-corrected chi connectivity index (χ4v) is 3.33. The second-order valence-electron chi connectivity index (χ2n) is 6.25. The van der Waals surface area contributed by atoms with Gasteiger partial charge in [-0.2, -0.15) is 5.10 Å². The fourth-order valence-electron chi connectivity index (χ4n) is 3.21. The number of nitrogens with zero attached hydrogens (tertiary/aromatic N) is 7. The van der Waals surface area contributed by atoms with Crippen LogP contribution in [0.2, 0.25) is 5.02 Å². The normalized spacial score (nSPS) is 12.9. The van der Waals surface area contributed by atoms with Crippen molar-refractivity contribution in [1.82, 2.24) is 25.0 Å². The molecular formula is C19H14ClN7O. The van der Waals surface area contributed by atoms with E-state index in [0.29, 0.717) is 16.9 Å². The van der Waals surface area contributed by atoms with Gasteiger partial charge in [-0.15, -0.1) is 20.4 Å². The minimum Gasteiger partial charge on any atom is -0.426 e. The van der Waals surface area contributed by atoms with E-state index < -0.39 is 0 Å². The lowest BCUT2D eigenvalue weighted by molar-refractivity contribution is 0.486. The summed E-state index contributed by atoms with van der Waals surface area (Å²) in [6.45, 7) is 2.18. The Hall–Kier alpha value is -3.52. The lowest BCUT2D eigenvalue weighted by Crippen LogP contribution is -2.20. The Balaban J connectivity index is 1.75. The number of rotatable bonds is 3. The van der Waals surface area contributed by atoms with Gasteiger partial charge in [-0.25, -0.2) is 5.01 Å². The third-order valence-electron chi connectivity index (χ3n) is 4.47. The van der Waals surface area contributed by atoms with Gasteiger partial charge in [-0.05, 0) is 25.1 Å². The topological polar surface area (TPSA) is 85.2 Å². The van der Waals surface area contributed by atoms with Crippen LogP contribution in [0.1, 0.15) is 22.8 Å². The van der Waals surface area contributed by atoms with Crippen LogP contribution < -0.4 is 5.01 Å². The summed E-state index contributed by atoms with van der Waals surface area (Å²) in [5.41, 5.74) is 3.63. The maximum Gasteiger partial charge on any atom is 0.252 e. The maximum absolute atomic E-state index is 6.08. The molecule has 0 amide bonds. The highest BCUT2D eigenvalue weighted by atomic mass is 35.5. The third-order valence-corrected chi connectivity index (χ3v) is 4.72. The van der Waals surface area contributed by atoms with Gasteiger partial charge in [-0.3, -0.25) is 4.57 Å². The Kier molecular flexibility index (Phi) is 3.91. The summed E-state index contributed by atoms with van der Waals surface area (Å²) < 4.78 is 7.29. The van der Waals surface area contributed by atoms with Crippen molar-refractivity contribution in [1.29, 1.82) is 0 Å². The Morgan fingerprint density at radius 3 is 2.61 bits per heavy atom. The van der Waals surface area contributed by atoms with E-state index in [0.717, 1.165) is 28.4 Å². The summed E-state index contributed by atoms with van der Waals surface area (Å²) in [7, 11) is 0. The van der Waals surface area contributed by atoms with Crippen LogP contribution >= 0.6 is 11.6 Å². The largest absolute Gasteiger partial charge is 0.426 e. The number of hydrogen-bond acceptors (Lipinski definition) is 7. The second-order valence-corrected chi connectivity index (χ2v) is 6.68. The molecule has 2 aromatic carbocycles. The highest BCUT2D eigenvalue weighted by molar-refractivity contribution is 6.30. The minimum absolute atomic E-state index is 0.267. The molecule has 0 bridgehead atoms. The quantitative estimate of drug-likeness (QED) is 0.532. The highest BCUT2D eigenvalue weighted by Crippen LogP contribution is 2.30. The second kappa shape index (κ2) is 6.58. The van der Waals surface area contributed by atoms with Crippen molar-refractivity contribution >= 4 is 23.3 Å². The lowest BCUT2D eigenvalue weighted by atomic mass is 10.0. The molecule has 0 radical (unpaired) electrons. The molecule has 5 rings (SSSR count). The van der Waals surface area contributed by atoms with Crippen LogP contribution in [0.15, 0.2) is 64.4 Å². The van der Waals surface area contributed by atoms with Crippen molar-refractivity contribution in [2.45, 2.75) is 13.5 Å². The molecule has 0 fully saturated rings. The Morgan fingerprint density at radius 1 is 1.00 bits per heavy atom. The molecule has 1 aliphatic heterocycles. The molecule has 0 saturated heterocycles. The van der Waals surface area contributed by atoms with Gasteiger partial charge in [0.2, 0.25) is 12.3 Å². The standard InChI is InChI=1S/C19H14ClN7O/c1-12-22-24-19-26(10-17-23-21-11-28-17)25-18(13-6-8-14(20)9-7-13)15-4-2-3-5-16(15)27(12)19/h2-9,11H,10H2,1H3. The van der Waals surface area contributed by atoms with E-state index in [2.05, 4.69) is 20.4 Å². The lowest BCUT2D eigenvalue weighted by Gasteiger charge is -2.15. The van der Waals surface area contributed by atoms with Crippen molar-refractivity contribution in [3.63, 3.8) is 0 Å². The Labute approximate surface area is 165 Å². The van der Waals surface area contributed by atoms with Gasteiger partial charge >= 0.3 is 0 Å². The van der Waals surface area contributed by atoms with E-state index in [1.165, 1.54) is 6.39 Å². The van der Waals surface area contributed by atoms with Crippen molar-refractivity contribution in [3.05, 3.63) is 82.8 Å². The molecule has 0 saturated carbocycles. The summed E-state index contributed by atoms with van der Waals surface area (Å²) in [4.78, 5) is 0. The average molecular weight is 392 g/mol. The molecule has 0 spiro atoms. The smallest absolute Gasteiger partial charge is 0.252 e. The predicted octanol–water partition coefficient (Wildman–Crippen LogP) is 3.38. The molecule has 138 valence electrons. The van der Waals surface area contributed by atoms with Gasteiger partial charge in [0.15, 0.2) is 0 Å². The van der Waals surface area contributed by atoms with Crippen LogP contribution in [0, 0.1) is 6.92 Å². The van der Waals surface area contributed by atoms with E-state index in [1.807, 2.05) is 60.0 Å². The number of anilines is 1. The number of aryl methyl sites for hydroxylation is 1. The molecule has 3 heterocycles. The SMILES string of the molecule is Cc1nnc2n1-c1ccccc1C(c1ccc(Cl)cc1)=NN2Cc1nnco1. The first kappa shape index (κ1) is 16.6. The molecule has 0 N–H and O–H groups in total. The Bertz CT molecular complexity index is 1170. The van der Waals surface area contributed by atoms with E-state index >= 15 is 0 Å². The monoisotopic (exact) mass is 391 g/mol. The van der Waals surface area contributed by atoms with Crippen LogP contribution in [0.5, 0.6) is 0 Å². The number of fused-ring (bicyclic) bond motifs is 3. The molecule has 28 heavy (non-hydrogen) atoms. The number of hydrazone groups is 1. The van der Waals surface area contributed by atoms with E-state index in [1.54, 1.807) is 5.01 Å². The molecule has 9 heteroatoms. The summed E-state index contributed by atoms with van der Waals surface area (Å²) in [6, 6.07) is 15.6. The summed E-state index contributed by atoms with van der Waals surface area (Å²) in [5.74, 6) is 1.76.